The highest BCUT2D eigenvalue weighted by Crippen LogP contribution is 2.56. The van der Waals surface area contributed by atoms with Crippen molar-refractivity contribution in [1.29, 1.82) is 5.41 Å². The highest BCUT2D eigenvalue weighted by Gasteiger charge is 2.69. The number of nitrogens with zero attached hydrogens (tertiary/aromatic N) is 2. The molecule has 11 nitrogen and oxygen atoms in total. The maximum absolute atomic E-state index is 13.7. The third-order valence-corrected chi connectivity index (χ3v) is 6.65. The summed E-state index contributed by atoms with van der Waals surface area (Å²) in [6.45, 7) is 1.39. The molecule has 6 N–H and O–H groups in total. The number of carbonyl (C=O) groups excluding carboxylic acids is 3. The van der Waals surface area contributed by atoms with Crippen LogP contribution in [0.2, 0.25) is 0 Å². The van der Waals surface area contributed by atoms with Crippen molar-refractivity contribution in [2.75, 3.05) is 11.4 Å². The molecule has 2 aliphatic rings. The minimum atomic E-state index is -1.76. The first-order chi connectivity index (χ1) is 16.6. The molecule has 2 aromatic carbocycles. The zero-order chi connectivity index (χ0) is 25.5. The van der Waals surface area contributed by atoms with Crippen molar-refractivity contribution < 1.29 is 29.0 Å². The number of hydrogen-bond acceptors (Lipinski definition) is 7. The number of nitrogen functional groups attached to an aromatic ring is 1. The number of para-hydroxylation sites is 1. The summed E-state index contributed by atoms with van der Waals surface area (Å²) in [5.41, 5.74) is 10.6. The summed E-state index contributed by atoms with van der Waals surface area (Å²) in [6.07, 6.45) is -1.77. The van der Waals surface area contributed by atoms with E-state index in [1.165, 1.54) is 6.92 Å². The molecule has 0 aromatic heterocycles. The van der Waals surface area contributed by atoms with Gasteiger partial charge in [0.15, 0.2) is 5.72 Å². The SMILES string of the molecule is CC1(OC(=O)O)C2C(=O)N(c3ccccc3)C(=O)C2C(c2ccc(C(=N)N)cc2)N1CCC(N)=O. The summed E-state index contributed by atoms with van der Waals surface area (Å²) in [5.74, 6) is -4.04. The summed E-state index contributed by atoms with van der Waals surface area (Å²) in [6, 6.07) is 14.1. The van der Waals surface area contributed by atoms with Crippen molar-refractivity contribution in [2.45, 2.75) is 25.1 Å². The van der Waals surface area contributed by atoms with Crippen LogP contribution in [0.5, 0.6) is 0 Å². The van der Waals surface area contributed by atoms with E-state index in [0.29, 0.717) is 16.8 Å². The molecule has 11 heteroatoms. The fourth-order valence-electron chi connectivity index (χ4n) is 5.19. The van der Waals surface area contributed by atoms with Crippen LogP contribution in [0.3, 0.4) is 0 Å². The van der Waals surface area contributed by atoms with Crippen molar-refractivity contribution in [2.24, 2.45) is 23.3 Å². The number of carbonyl (C=O) groups is 4. The number of nitrogens with one attached hydrogen (secondary N) is 1. The van der Waals surface area contributed by atoms with Gasteiger partial charge in [0.05, 0.1) is 17.6 Å². The molecule has 2 aromatic rings. The van der Waals surface area contributed by atoms with Crippen molar-refractivity contribution in [1.82, 2.24) is 4.90 Å². The predicted molar refractivity (Wildman–Crippen MR) is 124 cm³/mol. The Morgan fingerprint density at radius 1 is 1.06 bits per heavy atom. The number of nitrogens with two attached hydrogens (primary N) is 2. The lowest BCUT2D eigenvalue weighted by atomic mass is 9.85. The van der Waals surface area contributed by atoms with Crippen molar-refractivity contribution in [3.05, 3.63) is 65.7 Å². The van der Waals surface area contributed by atoms with Gasteiger partial charge in [0.1, 0.15) is 11.8 Å². The number of anilines is 1. The van der Waals surface area contributed by atoms with Crippen molar-refractivity contribution in [3.63, 3.8) is 0 Å². The molecule has 0 spiro atoms. The van der Waals surface area contributed by atoms with Gasteiger partial charge in [-0.2, -0.15) is 0 Å². The third-order valence-electron chi connectivity index (χ3n) is 6.65. The van der Waals surface area contributed by atoms with Gasteiger partial charge in [0, 0.05) is 18.5 Å². The van der Waals surface area contributed by atoms with Crippen LogP contribution in [-0.4, -0.2) is 52.0 Å². The van der Waals surface area contributed by atoms with Crippen molar-refractivity contribution in [3.8, 4) is 0 Å². The number of primary amides is 1. The number of fused-ring (bicyclic) bond motifs is 1. The van der Waals surface area contributed by atoms with E-state index in [2.05, 4.69) is 0 Å². The van der Waals surface area contributed by atoms with Crippen LogP contribution in [-0.2, 0) is 19.1 Å². The molecule has 2 aliphatic heterocycles. The first kappa shape index (κ1) is 23.9. The molecule has 0 aliphatic carbocycles. The van der Waals surface area contributed by atoms with Gasteiger partial charge in [-0.3, -0.25) is 24.7 Å². The van der Waals surface area contributed by atoms with Crippen LogP contribution >= 0.6 is 0 Å². The largest absolute Gasteiger partial charge is 0.507 e. The number of amidine groups is 1. The van der Waals surface area contributed by atoms with Gasteiger partial charge in [-0.1, -0.05) is 42.5 Å². The number of benzene rings is 2. The molecule has 0 saturated carbocycles. The summed E-state index contributed by atoms with van der Waals surface area (Å²) < 4.78 is 5.31. The lowest BCUT2D eigenvalue weighted by Gasteiger charge is -2.39. The normalized spacial score (nSPS) is 26.0. The number of amides is 3. The Labute approximate surface area is 200 Å². The lowest BCUT2D eigenvalue weighted by Crippen LogP contribution is -2.53. The number of imide groups is 1. The highest BCUT2D eigenvalue weighted by molar-refractivity contribution is 6.23. The van der Waals surface area contributed by atoms with Crippen LogP contribution in [0.1, 0.15) is 30.5 Å². The number of hydrogen-bond donors (Lipinski definition) is 4. The average molecular weight is 479 g/mol. The number of rotatable bonds is 7. The zero-order valence-corrected chi connectivity index (χ0v) is 18.9. The molecule has 0 bridgehead atoms. The maximum atomic E-state index is 13.7. The van der Waals surface area contributed by atoms with E-state index < -0.39 is 47.5 Å². The second-order valence-corrected chi connectivity index (χ2v) is 8.66. The number of likely N-dealkylation sites (tertiary alicyclic amines) is 1. The lowest BCUT2D eigenvalue weighted by molar-refractivity contribution is -0.147. The van der Waals surface area contributed by atoms with Crippen LogP contribution in [0.4, 0.5) is 10.5 Å². The van der Waals surface area contributed by atoms with Gasteiger partial charge < -0.3 is 21.3 Å². The summed E-state index contributed by atoms with van der Waals surface area (Å²) in [7, 11) is 0. The van der Waals surface area contributed by atoms with Gasteiger partial charge in [-0.15, -0.1) is 0 Å². The average Bonchev–Trinajstić information content (AvgIpc) is 3.21. The van der Waals surface area contributed by atoms with E-state index >= 15 is 0 Å². The quantitative estimate of drug-likeness (QED) is 0.199. The molecule has 2 fully saturated rings. The number of ether oxygens (including phenoxy) is 1. The van der Waals surface area contributed by atoms with E-state index in [0.717, 1.165) is 4.90 Å². The Morgan fingerprint density at radius 2 is 1.69 bits per heavy atom. The maximum Gasteiger partial charge on any atom is 0.507 e. The van der Waals surface area contributed by atoms with E-state index in [1.54, 1.807) is 59.5 Å². The molecular weight excluding hydrogens is 454 g/mol. The first-order valence-electron chi connectivity index (χ1n) is 10.9. The second kappa shape index (κ2) is 8.84. The minimum Gasteiger partial charge on any atom is -0.450 e. The molecule has 2 saturated heterocycles. The van der Waals surface area contributed by atoms with Gasteiger partial charge in [0.25, 0.3) is 0 Å². The Balaban J connectivity index is 1.87. The standard InChI is InChI=1S/C24H25N5O6/c1-24(35-23(33)34)18-17(21(31)29(22(18)32)15-5-3-2-4-6-15)19(28(24)12-11-16(25)30)13-7-9-14(10-8-13)20(26)27/h2-10,17-19H,11-12H2,1H3,(H2,25,30)(H3,26,27)(H,33,34). The molecule has 4 rings (SSSR count). The minimum absolute atomic E-state index is 0.0445. The Morgan fingerprint density at radius 3 is 2.23 bits per heavy atom. The van der Waals surface area contributed by atoms with E-state index in [1.807, 2.05) is 0 Å². The Kier molecular flexibility index (Phi) is 6.03. The first-order valence-corrected chi connectivity index (χ1v) is 10.9. The van der Waals surface area contributed by atoms with Crippen LogP contribution < -0.4 is 16.4 Å². The smallest absolute Gasteiger partial charge is 0.450 e. The highest BCUT2D eigenvalue weighted by atomic mass is 16.7. The summed E-state index contributed by atoms with van der Waals surface area (Å²) >= 11 is 0. The summed E-state index contributed by atoms with van der Waals surface area (Å²) in [5, 5.41) is 17.2. The molecule has 4 atom stereocenters. The van der Waals surface area contributed by atoms with E-state index in [-0.39, 0.29) is 18.8 Å². The van der Waals surface area contributed by atoms with Gasteiger partial charge in [0.2, 0.25) is 17.7 Å². The van der Waals surface area contributed by atoms with Crippen molar-refractivity contribution >= 4 is 35.4 Å². The molecule has 182 valence electrons. The Bertz CT molecular complexity index is 1200. The Hall–Kier alpha value is -4.25. The number of carboxylic acid groups (broad SMARTS) is 1. The van der Waals surface area contributed by atoms with Crippen LogP contribution in [0.15, 0.2) is 54.6 Å². The monoisotopic (exact) mass is 479 g/mol. The molecule has 2 heterocycles. The predicted octanol–water partition coefficient (Wildman–Crippen LogP) is 1.42. The van der Waals surface area contributed by atoms with E-state index in [4.69, 9.17) is 21.6 Å². The molecule has 4 unspecified atom stereocenters. The zero-order valence-electron chi connectivity index (χ0n) is 18.9. The van der Waals surface area contributed by atoms with Crippen LogP contribution in [0.25, 0.3) is 0 Å². The summed E-state index contributed by atoms with van der Waals surface area (Å²) in [4.78, 5) is 53.4. The molecule has 3 amide bonds. The van der Waals surface area contributed by atoms with Gasteiger partial charge in [-0.05, 0) is 24.6 Å². The fourth-order valence-corrected chi connectivity index (χ4v) is 5.19. The molecule has 0 radical (unpaired) electrons. The molecule has 35 heavy (non-hydrogen) atoms. The molecular formula is C24H25N5O6. The topological polar surface area (TPSA) is 180 Å². The van der Waals surface area contributed by atoms with E-state index in [9.17, 15) is 24.3 Å². The van der Waals surface area contributed by atoms with Crippen LogP contribution in [0, 0.1) is 17.2 Å². The fraction of sp³-hybridized carbons (Fsp3) is 0.292. The second-order valence-electron chi connectivity index (χ2n) is 8.66. The third kappa shape index (κ3) is 3.99. The van der Waals surface area contributed by atoms with Gasteiger partial charge >= 0.3 is 6.16 Å². The van der Waals surface area contributed by atoms with Gasteiger partial charge in [-0.25, -0.2) is 9.69 Å².